The lowest BCUT2D eigenvalue weighted by Crippen LogP contribution is -2.16. The molecule has 0 amide bonds. The highest BCUT2D eigenvalue weighted by molar-refractivity contribution is 7.34. The van der Waals surface area contributed by atoms with E-state index in [1.165, 1.54) is 0 Å². The van der Waals surface area contributed by atoms with Crippen LogP contribution < -0.4 is 0 Å². The maximum Gasteiger partial charge on any atom is 0.811 e. The van der Waals surface area contributed by atoms with Crippen molar-refractivity contribution in [3.63, 3.8) is 0 Å². The Morgan fingerprint density at radius 1 is 0.833 bits per heavy atom. The second-order valence-corrected chi connectivity index (χ2v) is 4.88. The average molecular weight is 277 g/mol. The van der Waals surface area contributed by atoms with Crippen molar-refractivity contribution in [1.82, 2.24) is 0 Å². The number of rotatable bonds is 8. The Bertz CT molecular complexity index is 267. The van der Waals surface area contributed by atoms with Crippen LogP contribution >= 0.6 is 8.25 Å². The molecule has 0 aliphatic rings. The first-order chi connectivity index (χ1) is 8.49. The Hall–Kier alpha value is -0.960. The Morgan fingerprint density at radius 2 is 1.11 bits per heavy atom. The van der Waals surface area contributed by atoms with E-state index in [2.05, 4.69) is 9.05 Å². The van der Waals surface area contributed by atoms with Crippen LogP contribution in [0.3, 0.4) is 0 Å². The van der Waals surface area contributed by atoms with Crippen LogP contribution in [0.25, 0.3) is 0 Å². The topological polar surface area (TPSA) is 69.7 Å². The van der Waals surface area contributed by atoms with Gasteiger partial charge in [0.25, 0.3) is 0 Å². The first-order valence-electron chi connectivity index (χ1n) is 6.40. The van der Waals surface area contributed by atoms with Gasteiger partial charge in [0, 0.05) is 4.57 Å². The fourth-order valence-corrected chi connectivity index (χ4v) is 2.19. The van der Waals surface area contributed by atoms with Crippen LogP contribution in [0, 0.1) is 11.8 Å². The van der Waals surface area contributed by atoms with E-state index >= 15 is 0 Å². The maximum atomic E-state index is 11.5. The van der Waals surface area contributed by atoms with Gasteiger partial charge in [-0.05, 0) is 25.7 Å². The summed E-state index contributed by atoms with van der Waals surface area (Å²) in [5.74, 6) is -1.73. The van der Waals surface area contributed by atoms with Gasteiger partial charge in [-0.1, -0.05) is 27.7 Å². The summed E-state index contributed by atoms with van der Waals surface area (Å²) >= 11 is 0. The standard InChI is InChI=1S/C12H22O5P/c1-5-9(6-2)11(13)16-18(15)17-12(14)10(7-3)8-4/h9-10H,5-8H2,1-4H3/q+1. The number of hydrogen-bond donors (Lipinski definition) is 0. The second-order valence-electron chi connectivity index (χ2n) is 4.07. The van der Waals surface area contributed by atoms with Crippen LogP contribution in [0.5, 0.6) is 0 Å². The summed E-state index contributed by atoms with van der Waals surface area (Å²) in [6.45, 7) is 7.38. The second kappa shape index (κ2) is 9.03. The molecule has 104 valence electrons. The van der Waals surface area contributed by atoms with Crippen molar-refractivity contribution in [3.8, 4) is 0 Å². The van der Waals surface area contributed by atoms with E-state index in [0.29, 0.717) is 25.7 Å². The first-order valence-corrected chi connectivity index (χ1v) is 7.50. The van der Waals surface area contributed by atoms with Crippen LogP contribution in [0.2, 0.25) is 0 Å². The van der Waals surface area contributed by atoms with Crippen molar-refractivity contribution in [3.05, 3.63) is 0 Å². The molecular formula is C12H22O5P+. The molecule has 0 fully saturated rings. The third kappa shape index (κ3) is 5.58. The Kier molecular flexibility index (Phi) is 8.55. The van der Waals surface area contributed by atoms with Crippen LogP contribution in [0.15, 0.2) is 0 Å². The zero-order valence-electron chi connectivity index (χ0n) is 11.5. The summed E-state index contributed by atoms with van der Waals surface area (Å²) in [7, 11) is -2.70. The van der Waals surface area contributed by atoms with Gasteiger partial charge in [-0.15, -0.1) is 0 Å². The Morgan fingerprint density at radius 3 is 1.33 bits per heavy atom. The number of carbonyl (C=O) groups excluding carboxylic acids is 2. The molecule has 6 heteroatoms. The minimum absolute atomic E-state index is 0.296. The molecule has 0 aromatic heterocycles. The molecule has 0 rings (SSSR count). The molecule has 0 spiro atoms. The smallest absolute Gasteiger partial charge is 0.246 e. The largest absolute Gasteiger partial charge is 0.811 e. The predicted octanol–water partition coefficient (Wildman–Crippen LogP) is 3.60. The zero-order valence-corrected chi connectivity index (χ0v) is 12.4. The van der Waals surface area contributed by atoms with Gasteiger partial charge in [-0.3, -0.25) is 0 Å². The van der Waals surface area contributed by atoms with Crippen LogP contribution in [-0.2, 0) is 23.2 Å². The summed E-state index contributed by atoms with van der Waals surface area (Å²) < 4.78 is 20.7. The molecule has 0 aromatic rings. The third-order valence-corrected chi connectivity index (χ3v) is 3.62. The third-order valence-electron chi connectivity index (χ3n) is 2.97. The highest BCUT2D eigenvalue weighted by atomic mass is 31.1. The molecule has 5 nitrogen and oxygen atoms in total. The summed E-state index contributed by atoms with van der Waals surface area (Å²) in [6.07, 6.45) is 2.44. The number of hydrogen-bond acceptors (Lipinski definition) is 5. The predicted molar refractivity (Wildman–Crippen MR) is 67.9 cm³/mol. The van der Waals surface area contributed by atoms with E-state index in [0.717, 1.165) is 0 Å². The van der Waals surface area contributed by atoms with Crippen LogP contribution in [0.4, 0.5) is 0 Å². The molecule has 0 radical (unpaired) electrons. The van der Waals surface area contributed by atoms with Crippen molar-refractivity contribution in [2.45, 2.75) is 53.4 Å². The van der Waals surface area contributed by atoms with Gasteiger partial charge in [0.15, 0.2) is 0 Å². The SMILES string of the molecule is CCC(CC)C(=O)O[P+](=O)OC(=O)C(CC)CC. The molecule has 0 unspecified atom stereocenters. The Labute approximate surface area is 109 Å². The molecule has 0 saturated heterocycles. The molecule has 0 atom stereocenters. The van der Waals surface area contributed by atoms with Gasteiger partial charge in [-0.2, -0.15) is 9.05 Å². The molecule has 0 aliphatic heterocycles. The van der Waals surface area contributed by atoms with Gasteiger partial charge in [0.2, 0.25) is 0 Å². The lowest BCUT2D eigenvalue weighted by molar-refractivity contribution is -0.142. The molecule has 0 heterocycles. The van der Waals surface area contributed by atoms with Crippen molar-refractivity contribution < 1.29 is 23.2 Å². The molecule has 0 aromatic carbocycles. The van der Waals surface area contributed by atoms with E-state index in [4.69, 9.17) is 0 Å². The highest BCUT2D eigenvalue weighted by Crippen LogP contribution is 2.29. The van der Waals surface area contributed by atoms with E-state index < -0.39 is 20.2 Å². The van der Waals surface area contributed by atoms with Gasteiger partial charge >= 0.3 is 20.2 Å². The molecule has 0 saturated carbocycles. The van der Waals surface area contributed by atoms with Crippen molar-refractivity contribution in [2.24, 2.45) is 11.8 Å². The van der Waals surface area contributed by atoms with Gasteiger partial charge in [-0.25, -0.2) is 9.59 Å². The number of carbonyl (C=O) groups is 2. The molecule has 0 bridgehead atoms. The fraction of sp³-hybridized carbons (Fsp3) is 0.833. The Balaban J connectivity index is 4.26. The van der Waals surface area contributed by atoms with Crippen molar-refractivity contribution in [2.75, 3.05) is 0 Å². The highest BCUT2D eigenvalue weighted by Gasteiger charge is 2.35. The van der Waals surface area contributed by atoms with Gasteiger partial charge in [0.1, 0.15) is 0 Å². The van der Waals surface area contributed by atoms with E-state index in [9.17, 15) is 14.2 Å². The lowest BCUT2D eigenvalue weighted by atomic mass is 10.0. The van der Waals surface area contributed by atoms with Gasteiger partial charge < -0.3 is 0 Å². The quantitative estimate of drug-likeness (QED) is 0.634. The molecule has 0 aliphatic carbocycles. The van der Waals surface area contributed by atoms with Crippen LogP contribution in [0.1, 0.15) is 53.4 Å². The summed E-state index contributed by atoms with van der Waals surface area (Å²) in [6, 6.07) is 0. The van der Waals surface area contributed by atoms with Crippen molar-refractivity contribution in [1.29, 1.82) is 0 Å². The normalized spacial score (nSPS) is 10.6. The summed E-state index contributed by atoms with van der Waals surface area (Å²) in [5.41, 5.74) is 0. The summed E-state index contributed by atoms with van der Waals surface area (Å²) in [4.78, 5) is 23.0. The zero-order chi connectivity index (χ0) is 14.1. The fourth-order valence-electron chi connectivity index (χ4n) is 1.56. The minimum atomic E-state index is -2.70. The maximum absolute atomic E-state index is 11.5. The first kappa shape index (κ1) is 17.0. The van der Waals surface area contributed by atoms with Crippen LogP contribution in [-0.4, -0.2) is 11.9 Å². The summed E-state index contributed by atoms with van der Waals surface area (Å²) in [5, 5.41) is 0. The minimum Gasteiger partial charge on any atom is -0.246 e. The molecule has 0 N–H and O–H groups in total. The van der Waals surface area contributed by atoms with E-state index in [1.54, 1.807) is 0 Å². The monoisotopic (exact) mass is 277 g/mol. The van der Waals surface area contributed by atoms with Gasteiger partial charge in [0.05, 0.1) is 11.8 Å². The molecule has 18 heavy (non-hydrogen) atoms. The van der Waals surface area contributed by atoms with E-state index in [1.807, 2.05) is 27.7 Å². The molecular weight excluding hydrogens is 255 g/mol. The average Bonchev–Trinajstić information content (AvgIpc) is 2.31. The van der Waals surface area contributed by atoms with Crippen molar-refractivity contribution >= 4 is 20.2 Å². The van der Waals surface area contributed by atoms with E-state index in [-0.39, 0.29) is 11.8 Å². The lowest BCUT2D eigenvalue weighted by Gasteiger charge is -2.06.